The van der Waals surface area contributed by atoms with Crippen molar-refractivity contribution in [1.29, 1.82) is 0 Å². The van der Waals surface area contributed by atoms with E-state index in [-0.39, 0.29) is 0 Å². The summed E-state index contributed by atoms with van der Waals surface area (Å²) in [5.74, 6) is 0.349. The van der Waals surface area contributed by atoms with E-state index in [4.69, 9.17) is 0 Å². The summed E-state index contributed by atoms with van der Waals surface area (Å²) in [7, 11) is 0. The Morgan fingerprint density at radius 3 is 3.05 bits per heavy atom. The number of carbonyl (C=O) groups excluding carboxylic acids is 1. The van der Waals surface area contributed by atoms with Gasteiger partial charge in [-0.05, 0) is 6.07 Å². The van der Waals surface area contributed by atoms with E-state index in [0.29, 0.717) is 5.84 Å². The van der Waals surface area contributed by atoms with E-state index in [2.05, 4.69) is 28.5 Å². The first-order valence-electron chi connectivity index (χ1n) is 6.27. The third-order valence-corrected chi connectivity index (χ3v) is 4.60. The van der Waals surface area contributed by atoms with E-state index in [1.165, 1.54) is 15.3 Å². The number of fused-ring (bicyclic) bond motifs is 4. The lowest BCUT2D eigenvalue weighted by molar-refractivity contribution is -0.102. The second-order valence-electron chi connectivity index (χ2n) is 4.58. The minimum atomic E-state index is 0.349. The number of nitrogens with one attached hydrogen (secondary N) is 1. The van der Waals surface area contributed by atoms with Crippen LogP contribution in [0.2, 0.25) is 0 Å². The van der Waals surface area contributed by atoms with Crippen molar-refractivity contribution in [2.24, 2.45) is 4.99 Å². The number of aliphatic imine (C=N–C) groups is 1. The normalized spacial score (nSPS) is 16.3. The zero-order valence-corrected chi connectivity index (χ0v) is 11.3. The van der Waals surface area contributed by atoms with Crippen LogP contribution in [0.4, 0.5) is 0 Å². The standard InChI is InChI=1S/C16H10N2OS/c19-9-14-17-8-10-4-3-6-12-11-5-1-2-7-13(11)20-16(12)15(10)18-14/h1-9H,(H,17,18). The van der Waals surface area contributed by atoms with Crippen LogP contribution in [0, 0.1) is 0 Å². The number of nitrogens with zero attached hydrogens (tertiary/aromatic N) is 1. The van der Waals surface area contributed by atoms with Crippen LogP contribution in [0.1, 0.15) is 0 Å². The van der Waals surface area contributed by atoms with E-state index < -0.39 is 0 Å². The zero-order valence-electron chi connectivity index (χ0n) is 10.5. The third kappa shape index (κ3) is 1.58. The molecule has 0 fully saturated rings. The lowest BCUT2D eigenvalue weighted by Crippen LogP contribution is -2.34. The average molecular weight is 278 g/mol. The molecule has 2 aliphatic rings. The van der Waals surface area contributed by atoms with Crippen molar-refractivity contribution < 1.29 is 4.79 Å². The van der Waals surface area contributed by atoms with Gasteiger partial charge in [0.2, 0.25) is 0 Å². The van der Waals surface area contributed by atoms with Crippen molar-refractivity contribution in [3.05, 3.63) is 57.9 Å². The zero-order chi connectivity index (χ0) is 13.5. The first-order valence-corrected chi connectivity index (χ1v) is 7.09. The molecule has 1 aliphatic carbocycles. The highest BCUT2D eigenvalue weighted by Crippen LogP contribution is 2.19. The fourth-order valence-electron chi connectivity index (χ4n) is 2.47. The summed E-state index contributed by atoms with van der Waals surface area (Å²) in [5.41, 5.74) is 1.96. The first-order chi connectivity index (χ1) is 9.86. The molecule has 1 N–H and O–H groups in total. The summed E-state index contributed by atoms with van der Waals surface area (Å²) in [6.45, 7) is 0. The minimum Gasteiger partial charge on any atom is -0.336 e. The Balaban J connectivity index is 2.16. The Morgan fingerprint density at radius 2 is 2.15 bits per heavy atom. The van der Waals surface area contributed by atoms with Crippen LogP contribution in [0.15, 0.2) is 53.2 Å². The van der Waals surface area contributed by atoms with Crippen molar-refractivity contribution in [2.45, 2.75) is 0 Å². The SMILES string of the molecule is O=CC1=NC=C2C=CC=c3c(sc4ccccc34)=C2N1. The molecule has 2 heterocycles. The fourth-order valence-corrected chi connectivity index (χ4v) is 3.69. The number of aldehydes is 1. The lowest BCUT2D eigenvalue weighted by atomic mass is 10.1. The number of benzene rings is 1. The van der Waals surface area contributed by atoms with E-state index >= 15 is 0 Å². The second kappa shape index (κ2) is 4.28. The van der Waals surface area contributed by atoms with Crippen molar-refractivity contribution in [2.75, 3.05) is 0 Å². The van der Waals surface area contributed by atoms with E-state index in [9.17, 15) is 4.79 Å². The van der Waals surface area contributed by atoms with Crippen LogP contribution in [-0.2, 0) is 4.79 Å². The number of rotatable bonds is 1. The third-order valence-electron chi connectivity index (χ3n) is 3.40. The van der Waals surface area contributed by atoms with Gasteiger partial charge in [-0.1, -0.05) is 36.4 Å². The Labute approximate surface area is 119 Å². The number of carbonyl (C=O) groups is 1. The predicted octanol–water partition coefficient (Wildman–Crippen LogP) is 1.44. The number of hydrogen-bond acceptors (Lipinski definition) is 4. The van der Waals surface area contributed by atoms with E-state index in [1.54, 1.807) is 17.5 Å². The maximum absolute atomic E-state index is 10.9. The molecule has 1 aromatic carbocycles. The van der Waals surface area contributed by atoms with Gasteiger partial charge in [-0.3, -0.25) is 4.79 Å². The lowest BCUT2D eigenvalue weighted by Gasteiger charge is -2.13. The Kier molecular flexibility index (Phi) is 2.44. The summed E-state index contributed by atoms with van der Waals surface area (Å²) >= 11 is 1.73. The molecule has 0 spiro atoms. The van der Waals surface area contributed by atoms with Gasteiger partial charge in [0.15, 0.2) is 12.1 Å². The average Bonchev–Trinajstić information content (AvgIpc) is 2.77. The topological polar surface area (TPSA) is 41.5 Å². The number of allylic oxidation sites excluding steroid dienone is 1. The van der Waals surface area contributed by atoms with Crippen LogP contribution < -0.4 is 15.1 Å². The van der Waals surface area contributed by atoms with Crippen molar-refractivity contribution >= 4 is 45.3 Å². The Bertz CT molecular complexity index is 945. The van der Waals surface area contributed by atoms with Crippen LogP contribution in [-0.4, -0.2) is 12.1 Å². The van der Waals surface area contributed by atoms with Gasteiger partial charge in [0, 0.05) is 27.1 Å². The van der Waals surface area contributed by atoms with Crippen LogP contribution in [0.5, 0.6) is 0 Å². The highest BCUT2D eigenvalue weighted by atomic mass is 32.1. The van der Waals surface area contributed by atoms with Crippen LogP contribution >= 0.6 is 11.3 Å². The molecule has 4 heteroatoms. The number of thiophene rings is 1. The summed E-state index contributed by atoms with van der Waals surface area (Å²) in [6.07, 6.45) is 8.63. The van der Waals surface area contributed by atoms with Gasteiger partial charge >= 0.3 is 0 Å². The van der Waals surface area contributed by atoms with Gasteiger partial charge in [0.25, 0.3) is 0 Å². The van der Waals surface area contributed by atoms with Crippen molar-refractivity contribution in [3.63, 3.8) is 0 Å². The summed E-state index contributed by atoms with van der Waals surface area (Å²) < 4.78 is 2.39. The number of hydrogen-bond donors (Lipinski definition) is 1. The first kappa shape index (κ1) is 11.4. The minimum absolute atomic E-state index is 0.349. The summed E-state index contributed by atoms with van der Waals surface area (Å²) in [6, 6.07) is 8.34. The van der Waals surface area contributed by atoms with Gasteiger partial charge in [-0.15, -0.1) is 11.3 Å². The Morgan fingerprint density at radius 1 is 1.25 bits per heavy atom. The molecule has 1 aliphatic heterocycles. The molecule has 0 saturated heterocycles. The molecule has 0 atom stereocenters. The molecule has 1 aromatic heterocycles. The molecular weight excluding hydrogens is 268 g/mol. The molecule has 96 valence electrons. The molecular formula is C16H10N2OS. The molecule has 2 aromatic rings. The molecule has 0 amide bonds. The monoisotopic (exact) mass is 278 g/mol. The van der Waals surface area contributed by atoms with Gasteiger partial charge in [0.1, 0.15) is 0 Å². The van der Waals surface area contributed by atoms with Gasteiger partial charge in [-0.25, -0.2) is 4.99 Å². The fraction of sp³-hybridized carbons (Fsp3) is 0. The molecule has 3 nitrogen and oxygen atoms in total. The molecule has 4 rings (SSSR count). The molecule has 0 bridgehead atoms. The van der Waals surface area contributed by atoms with Gasteiger partial charge in [-0.2, -0.15) is 0 Å². The summed E-state index contributed by atoms with van der Waals surface area (Å²) in [4.78, 5) is 15.0. The van der Waals surface area contributed by atoms with Crippen LogP contribution in [0.25, 0.3) is 21.9 Å². The van der Waals surface area contributed by atoms with Crippen molar-refractivity contribution in [1.82, 2.24) is 5.32 Å². The molecule has 0 unspecified atom stereocenters. The maximum atomic E-state index is 10.9. The largest absolute Gasteiger partial charge is 0.336 e. The smallest absolute Gasteiger partial charge is 0.185 e. The highest BCUT2D eigenvalue weighted by Gasteiger charge is 2.15. The molecule has 0 saturated carbocycles. The number of amidine groups is 1. The van der Waals surface area contributed by atoms with Crippen LogP contribution in [0.3, 0.4) is 0 Å². The predicted molar refractivity (Wildman–Crippen MR) is 82.8 cm³/mol. The van der Waals surface area contributed by atoms with Gasteiger partial charge < -0.3 is 5.32 Å². The summed E-state index contributed by atoms with van der Waals surface area (Å²) in [5, 5.41) is 5.56. The van der Waals surface area contributed by atoms with Gasteiger partial charge in [0.05, 0.1) is 10.2 Å². The van der Waals surface area contributed by atoms with E-state index in [1.807, 2.05) is 24.3 Å². The molecule has 0 radical (unpaired) electrons. The van der Waals surface area contributed by atoms with Crippen molar-refractivity contribution in [3.8, 4) is 0 Å². The maximum Gasteiger partial charge on any atom is 0.185 e. The quantitative estimate of drug-likeness (QED) is 0.802. The highest BCUT2D eigenvalue weighted by molar-refractivity contribution is 7.17. The Hall–Kier alpha value is -2.46. The second-order valence-corrected chi connectivity index (χ2v) is 5.64. The van der Waals surface area contributed by atoms with E-state index in [0.717, 1.165) is 22.1 Å². The molecule has 20 heavy (non-hydrogen) atoms.